The Morgan fingerprint density at radius 3 is 2.63 bits per heavy atom. The second kappa shape index (κ2) is 8.11. The first-order chi connectivity index (χ1) is 13.2. The second-order valence-electron chi connectivity index (χ2n) is 7.03. The van der Waals surface area contributed by atoms with Gasteiger partial charge in [-0.3, -0.25) is 0 Å². The van der Waals surface area contributed by atoms with Gasteiger partial charge in [0.25, 0.3) is 0 Å². The van der Waals surface area contributed by atoms with Gasteiger partial charge >= 0.3 is 0 Å². The predicted octanol–water partition coefficient (Wildman–Crippen LogP) is 3.74. The van der Waals surface area contributed by atoms with Crippen LogP contribution in [-0.2, 0) is 9.47 Å². The molecule has 2 aromatic rings. The van der Waals surface area contributed by atoms with E-state index in [4.69, 9.17) is 14.5 Å². The van der Waals surface area contributed by atoms with E-state index in [1.165, 1.54) is 22.3 Å². The van der Waals surface area contributed by atoms with E-state index in [1.807, 2.05) is 7.05 Å². The minimum atomic E-state index is 0.669. The van der Waals surface area contributed by atoms with E-state index < -0.39 is 0 Å². The third-order valence-corrected chi connectivity index (χ3v) is 5.28. The first-order valence-corrected chi connectivity index (χ1v) is 9.65. The van der Waals surface area contributed by atoms with Gasteiger partial charge < -0.3 is 19.7 Å². The van der Waals surface area contributed by atoms with Crippen molar-refractivity contribution in [1.29, 1.82) is 0 Å². The smallest absolute Gasteiger partial charge is 0.129 e. The summed E-state index contributed by atoms with van der Waals surface area (Å²) in [5, 5.41) is 3.25. The maximum absolute atomic E-state index is 5.53. The zero-order chi connectivity index (χ0) is 18.6. The molecule has 0 spiro atoms. The van der Waals surface area contributed by atoms with Crippen molar-refractivity contribution in [2.24, 2.45) is 0 Å². The predicted molar refractivity (Wildman–Crippen MR) is 110 cm³/mol. The number of nitrogens with one attached hydrogen (secondary N) is 1. The van der Waals surface area contributed by atoms with Crippen molar-refractivity contribution in [2.75, 3.05) is 56.8 Å². The Labute approximate surface area is 161 Å². The molecule has 0 radical (unpaired) electrons. The average Bonchev–Trinajstić information content (AvgIpc) is 2.75. The Morgan fingerprint density at radius 1 is 1.04 bits per heavy atom. The lowest BCUT2D eigenvalue weighted by atomic mass is 9.97. The molecule has 0 saturated carbocycles. The minimum Gasteiger partial charge on any atom is -0.388 e. The molecule has 2 aliphatic rings. The van der Waals surface area contributed by atoms with Crippen molar-refractivity contribution >= 4 is 17.1 Å². The van der Waals surface area contributed by atoms with Crippen LogP contribution < -0.4 is 10.2 Å². The normalized spacial score (nSPS) is 17.6. The molecule has 1 aromatic heterocycles. The first-order valence-electron chi connectivity index (χ1n) is 9.65. The molecular weight excluding hydrogens is 338 g/mol. The van der Waals surface area contributed by atoms with Crippen LogP contribution in [0.5, 0.6) is 0 Å². The van der Waals surface area contributed by atoms with E-state index >= 15 is 0 Å². The maximum Gasteiger partial charge on any atom is 0.129 e. The molecular formula is C22H27N3O2. The molecule has 2 aliphatic heterocycles. The molecule has 1 N–H and O–H groups in total. The fraction of sp³-hybridized carbons (Fsp3) is 0.409. The van der Waals surface area contributed by atoms with E-state index in [2.05, 4.69) is 53.5 Å². The van der Waals surface area contributed by atoms with Crippen molar-refractivity contribution in [3.63, 3.8) is 0 Å². The summed E-state index contributed by atoms with van der Waals surface area (Å²) in [5.74, 6) is 1.03. The van der Waals surface area contributed by atoms with Crippen LogP contribution >= 0.6 is 0 Å². The molecule has 5 nitrogen and oxygen atoms in total. The third kappa shape index (κ3) is 3.99. The molecule has 142 valence electrons. The fourth-order valence-corrected chi connectivity index (χ4v) is 3.64. The van der Waals surface area contributed by atoms with Crippen LogP contribution in [-0.4, -0.2) is 51.5 Å². The molecule has 5 heteroatoms. The Balaban J connectivity index is 1.81. The molecule has 27 heavy (non-hydrogen) atoms. The van der Waals surface area contributed by atoms with Crippen LogP contribution in [0.15, 0.2) is 36.4 Å². The molecule has 4 rings (SSSR count). The molecule has 0 aliphatic carbocycles. The summed E-state index contributed by atoms with van der Waals surface area (Å²) in [7, 11) is 1.96. The average molecular weight is 365 g/mol. The molecule has 1 aromatic carbocycles. The Kier molecular flexibility index (Phi) is 5.41. The summed E-state index contributed by atoms with van der Waals surface area (Å²) in [6.45, 7) is 6.87. The van der Waals surface area contributed by atoms with Gasteiger partial charge in [-0.15, -0.1) is 0 Å². The van der Waals surface area contributed by atoms with Gasteiger partial charge in [0.1, 0.15) is 5.82 Å². The zero-order valence-electron chi connectivity index (χ0n) is 16.1. The number of anilines is 2. The van der Waals surface area contributed by atoms with E-state index in [0.29, 0.717) is 6.61 Å². The lowest BCUT2D eigenvalue weighted by molar-refractivity contribution is 0.122. The van der Waals surface area contributed by atoms with Gasteiger partial charge in [-0.05, 0) is 59.9 Å². The highest BCUT2D eigenvalue weighted by molar-refractivity contribution is 5.77. The van der Waals surface area contributed by atoms with Gasteiger partial charge in [-0.2, -0.15) is 0 Å². The van der Waals surface area contributed by atoms with Crippen LogP contribution in [0.1, 0.15) is 17.7 Å². The van der Waals surface area contributed by atoms with Gasteiger partial charge in [0.15, 0.2) is 0 Å². The Bertz CT molecular complexity index is 841. The number of benzene rings is 1. The number of pyridine rings is 1. The summed E-state index contributed by atoms with van der Waals surface area (Å²) in [4.78, 5) is 7.34. The third-order valence-electron chi connectivity index (χ3n) is 5.28. The standard InChI is InChI=1S/C22H27N3O2/c1-16-3-4-19(23-2)15-20(16)18-13-21(17-5-9-26-10-6-17)24-22(14-18)25-7-11-27-12-8-25/h3-5,13-15,23H,6-12H2,1-2H3. The van der Waals surface area contributed by atoms with Crippen LogP contribution in [0, 0.1) is 6.92 Å². The number of aryl methyl sites for hydroxylation is 1. The molecule has 0 unspecified atom stereocenters. The van der Waals surface area contributed by atoms with Gasteiger partial charge in [-0.25, -0.2) is 4.98 Å². The van der Waals surface area contributed by atoms with E-state index in [1.54, 1.807) is 0 Å². The fourth-order valence-electron chi connectivity index (χ4n) is 3.64. The largest absolute Gasteiger partial charge is 0.388 e. The molecule has 1 fully saturated rings. The second-order valence-corrected chi connectivity index (χ2v) is 7.03. The number of hydrogen-bond acceptors (Lipinski definition) is 5. The zero-order valence-corrected chi connectivity index (χ0v) is 16.1. The number of nitrogens with zero attached hydrogens (tertiary/aromatic N) is 2. The van der Waals surface area contributed by atoms with E-state index in [-0.39, 0.29) is 0 Å². The maximum atomic E-state index is 5.53. The van der Waals surface area contributed by atoms with Crippen molar-refractivity contribution in [1.82, 2.24) is 4.98 Å². The van der Waals surface area contributed by atoms with E-state index in [9.17, 15) is 0 Å². The molecule has 0 amide bonds. The monoisotopic (exact) mass is 365 g/mol. The van der Waals surface area contributed by atoms with Crippen LogP contribution in [0.3, 0.4) is 0 Å². The molecule has 0 bridgehead atoms. The highest BCUT2D eigenvalue weighted by Crippen LogP contribution is 2.32. The number of morpholine rings is 1. The molecule has 3 heterocycles. The van der Waals surface area contributed by atoms with Crippen LogP contribution in [0.2, 0.25) is 0 Å². The van der Waals surface area contributed by atoms with Crippen LogP contribution in [0.4, 0.5) is 11.5 Å². The van der Waals surface area contributed by atoms with Gasteiger partial charge in [0.2, 0.25) is 0 Å². The van der Waals surface area contributed by atoms with Gasteiger partial charge in [0, 0.05) is 25.8 Å². The van der Waals surface area contributed by atoms with Crippen molar-refractivity contribution in [3.05, 3.63) is 47.7 Å². The topological polar surface area (TPSA) is 46.6 Å². The lowest BCUT2D eigenvalue weighted by Gasteiger charge is -2.29. The number of aromatic nitrogens is 1. The Morgan fingerprint density at radius 2 is 1.89 bits per heavy atom. The summed E-state index contributed by atoms with van der Waals surface area (Å²) >= 11 is 0. The highest BCUT2D eigenvalue weighted by Gasteiger charge is 2.17. The summed E-state index contributed by atoms with van der Waals surface area (Å²) in [5.41, 5.74) is 7.18. The van der Waals surface area contributed by atoms with Crippen molar-refractivity contribution in [2.45, 2.75) is 13.3 Å². The summed E-state index contributed by atoms with van der Waals surface area (Å²) < 4.78 is 11.0. The molecule has 1 saturated heterocycles. The SMILES string of the molecule is CNc1ccc(C)c(-c2cc(C3=CCOCC3)nc(N3CCOCC3)c2)c1. The minimum absolute atomic E-state index is 0.669. The van der Waals surface area contributed by atoms with E-state index in [0.717, 1.165) is 56.5 Å². The summed E-state index contributed by atoms with van der Waals surface area (Å²) in [6.07, 6.45) is 3.07. The van der Waals surface area contributed by atoms with Crippen LogP contribution in [0.25, 0.3) is 16.7 Å². The number of ether oxygens (including phenoxy) is 2. The number of hydrogen-bond donors (Lipinski definition) is 1. The Hall–Kier alpha value is -2.37. The molecule has 0 atom stereocenters. The van der Waals surface area contributed by atoms with Crippen molar-refractivity contribution < 1.29 is 9.47 Å². The quantitative estimate of drug-likeness (QED) is 0.894. The van der Waals surface area contributed by atoms with Gasteiger partial charge in [0.05, 0.1) is 32.1 Å². The summed E-state index contributed by atoms with van der Waals surface area (Å²) in [6, 6.07) is 10.9. The highest BCUT2D eigenvalue weighted by atomic mass is 16.5. The first kappa shape index (κ1) is 18.0. The number of rotatable bonds is 4. The lowest BCUT2D eigenvalue weighted by Crippen LogP contribution is -2.36. The van der Waals surface area contributed by atoms with Crippen molar-refractivity contribution in [3.8, 4) is 11.1 Å². The van der Waals surface area contributed by atoms with Gasteiger partial charge in [-0.1, -0.05) is 12.1 Å².